The molecule has 5 heteroatoms. The van der Waals surface area contributed by atoms with Gasteiger partial charge >= 0.3 is 0 Å². The van der Waals surface area contributed by atoms with E-state index >= 15 is 0 Å². The predicted molar refractivity (Wildman–Crippen MR) is 101 cm³/mol. The number of amides is 1. The normalized spacial score (nSPS) is 13.2. The molecule has 0 aliphatic carbocycles. The number of aliphatic hydroxyl groups is 1. The van der Waals surface area contributed by atoms with Crippen LogP contribution in [-0.4, -0.2) is 32.9 Å². The molecule has 3 aromatic rings. The first-order valence-electron chi connectivity index (χ1n) is 8.72. The Morgan fingerprint density at radius 1 is 1.08 bits per heavy atom. The molecular formula is C21H23N3O2. The minimum Gasteiger partial charge on any atom is -0.391 e. The third kappa shape index (κ3) is 4.80. The summed E-state index contributed by atoms with van der Waals surface area (Å²) in [4.78, 5) is 12.3. The van der Waals surface area contributed by atoms with Crippen LogP contribution in [-0.2, 0) is 17.6 Å². The van der Waals surface area contributed by atoms with Crippen molar-refractivity contribution in [3.8, 4) is 5.69 Å². The van der Waals surface area contributed by atoms with Gasteiger partial charge in [0.1, 0.15) is 0 Å². The first-order valence-corrected chi connectivity index (χ1v) is 8.72. The number of carbonyl (C=O) groups is 1. The van der Waals surface area contributed by atoms with Crippen molar-refractivity contribution in [1.82, 2.24) is 15.1 Å². The summed E-state index contributed by atoms with van der Waals surface area (Å²) in [6, 6.07) is 19.0. The Balaban J connectivity index is 1.51. The van der Waals surface area contributed by atoms with E-state index < -0.39 is 6.10 Å². The van der Waals surface area contributed by atoms with E-state index in [1.165, 1.54) is 0 Å². The van der Waals surface area contributed by atoms with Gasteiger partial charge in [-0.3, -0.25) is 4.79 Å². The quantitative estimate of drug-likeness (QED) is 0.689. The Labute approximate surface area is 153 Å². The van der Waals surface area contributed by atoms with Gasteiger partial charge in [0.2, 0.25) is 5.91 Å². The lowest BCUT2D eigenvalue weighted by molar-refractivity contribution is -0.121. The molecule has 5 nitrogen and oxygen atoms in total. The van der Waals surface area contributed by atoms with Crippen LogP contribution < -0.4 is 5.32 Å². The molecule has 2 unspecified atom stereocenters. The molecule has 134 valence electrons. The molecule has 1 aromatic heterocycles. The van der Waals surface area contributed by atoms with E-state index in [2.05, 4.69) is 10.4 Å². The van der Waals surface area contributed by atoms with Crippen molar-refractivity contribution < 1.29 is 9.90 Å². The molecule has 0 saturated carbocycles. The van der Waals surface area contributed by atoms with Crippen molar-refractivity contribution in [3.05, 3.63) is 84.2 Å². The minimum absolute atomic E-state index is 0.101. The zero-order valence-electron chi connectivity index (χ0n) is 14.7. The van der Waals surface area contributed by atoms with Crippen molar-refractivity contribution in [2.45, 2.75) is 31.9 Å². The number of aliphatic hydroxyl groups excluding tert-OH is 1. The van der Waals surface area contributed by atoms with Crippen LogP contribution in [0.25, 0.3) is 5.69 Å². The van der Waals surface area contributed by atoms with E-state index in [1.807, 2.05) is 73.8 Å². The maximum absolute atomic E-state index is 12.3. The van der Waals surface area contributed by atoms with Gasteiger partial charge in [0.15, 0.2) is 0 Å². The molecule has 2 N–H and O–H groups in total. The van der Waals surface area contributed by atoms with Gasteiger partial charge in [-0.2, -0.15) is 5.10 Å². The van der Waals surface area contributed by atoms with Gasteiger partial charge in [-0.15, -0.1) is 0 Å². The number of benzene rings is 2. The van der Waals surface area contributed by atoms with E-state index in [1.54, 1.807) is 10.9 Å². The Hall–Kier alpha value is -2.92. The number of nitrogens with zero attached hydrogens (tertiary/aromatic N) is 2. The summed E-state index contributed by atoms with van der Waals surface area (Å²) in [5.41, 5.74) is 2.92. The van der Waals surface area contributed by atoms with Crippen LogP contribution >= 0.6 is 0 Å². The standard InChI is InChI=1S/C21H23N3O2/c1-16(20(25)14-17-6-3-2-4-7-17)23-21(26)15-18-8-10-19(11-9-18)24-13-5-12-22-24/h2-13,16,20,25H,14-15H2,1H3,(H,23,26). The molecule has 1 amide bonds. The van der Waals surface area contributed by atoms with E-state index in [-0.39, 0.29) is 18.4 Å². The molecule has 0 aliphatic heterocycles. The zero-order chi connectivity index (χ0) is 18.4. The van der Waals surface area contributed by atoms with Crippen LogP contribution in [0.1, 0.15) is 18.1 Å². The van der Waals surface area contributed by atoms with Gasteiger partial charge < -0.3 is 10.4 Å². The van der Waals surface area contributed by atoms with Crippen molar-refractivity contribution in [2.24, 2.45) is 0 Å². The third-order valence-corrected chi connectivity index (χ3v) is 4.32. The van der Waals surface area contributed by atoms with E-state index in [9.17, 15) is 9.90 Å². The van der Waals surface area contributed by atoms with Gasteiger partial charge in [0, 0.05) is 18.8 Å². The van der Waals surface area contributed by atoms with Crippen molar-refractivity contribution in [2.75, 3.05) is 0 Å². The van der Waals surface area contributed by atoms with Crippen LogP contribution in [0.5, 0.6) is 0 Å². The molecule has 0 radical (unpaired) electrons. The molecule has 0 spiro atoms. The fourth-order valence-corrected chi connectivity index (χ4v) is 2.81. The molecule has 0 saturated heterocycles. The summed E-state index contributed by atoms with van der Waals surface area (Å²) in [7, 11) is 0. The van der Waals surface area contributed by atoms with Gasteiger partial charge in [-0.05, 0) is 36.2 Å². The maximum Gasteiger partial charge on any atom is 0.224 e. The van der Waals surface area contributed by atoms with E-state index in [4.69, 9.17) is 0 Å². The molecule has 0 bridgehead atoms. The highest BCUT2D eigenvalue weighted by Gasteiger charge is 2.17. The Morgan fingerprint density at radius 3 is 2.46 bits per heavy atom. The lowest BCUT2D eigenvalue weighted by Crippen LogP contribution is -2.42. The summed E-state index contributed by atoms with van der Waals surface area (Å²) < 4.78 is 1.77. The number of carbonyl (C=O) groups excluding carboxylic acids is 1. The van der Waals surface area contributed by atoms with Gasteiger partial charge in [0.05, 0.1) is 24.3 Å². The summed E-state index contributed by atoms with van der Waals surface area (Å²) in [5.74, 6) is -0.101. The second-order valence-corrected chi connectivity index (χ2v) is 6.41. The highest BCUT2D eigenvalue weighted by atomic mass is 16.3. The first-order chi connectivity index (χ1) is 12.6. The van der Waals surface area contributed by atoms with Crippen LogP contribution in [0, 0.1) is 0 Å². The molecular weight excluding hydrogens is 326 g/mol. The number of nitrogens with one attached hydrogen (secondary N) is 1. The van der Waals surface area contributed by atoms with Crippen LogP contribution in [0.15, 0.2) is 73.1 Å². The van der Waals surface area contributed by atoms with Gasteiger partial charge in [0.25, 0.3) is 0 Å². The van der Waals surface area contributed by atoms with Crippen molar-refractivity contribution in [3.63, 3.8) is 0 Å². The van der Waals surface area contributed by atoms with Crippen molar-refractivity contribution in [1.29, 1.82) is 0 Å². The highest BCUT2D eigenvalue weighted by molar-refractivity contribution is 5.78. The second kappa shape index (κ2) is 8.45. The number of rotatable bonds is 7. The summed E-state index contributed by atoms with van der Waals surface area (Å²) in [6.07, 6.45) is 3.77. The van der Waals surface area contributed by atoms with Crippen LogP contribution in [0.3, 0.4) is 0 Å². The zero-order valence-corrected chi connectivity index (χ0v) is 14.7. The molecule has 26 heavy (non-hydrogen) atoms. The molecule has 3 rings (SSSR count). The number of hydrogen-bond acceptors (Lipinski definition) is 3. The van der Waals surface area contributed by atoms with Crippen LogP contribution in [0.4, 0.5) is 0 Å². The number of aromatic nitrogens is 2. The largest absolute Gasteiger partial charge is 0.391 e. The molecule has 0 aliphatic rings. The lowest BCUT2D eigenvalue weighted by Gasteiger charge is -2.20. The maximum atomic E-state index is 12.3. The molecule has 1 heterocycles. The van der Waals surface area contributed by atoms with E-state index in [0.29, 0.717) is 6.42 Å². The minimum atomic E-state index is -0.622. The van der Waals surface area contributed by atoms with Crippen molar-refractivity contribution >= 4 is 5.91 Å². The summed E-state index contributed by atoms with van der Waals surface area (Å²) in [6.45, 7) is 1.83. The van der Waals surface area contributed by atoms with Crippen LogP contribution in [0.2, 0.25) is 0 Å². The monoisotopic (exact) mass is 349 g/mol. The smallest absolute Gasteiger partial charge is 0.224 e. The molecule has 2 aromatic carbocycles. The summed E-state index contributed by atoms with van der Waals surface area (Å²) >= 11 is 0. The van der Waals surface area contributed by atoms with E-state index in [0.717, 1.165) is 16.8 Å². The Bertz CT molecular complexity index is 814. The average Bonchev–Trinajstić information content (AvgIpc) is 3.17. The molecule has 0 fully saturated rings. The van der Waals surface area contributed by atoms with Gasteiger partial charge in [-0.1, -0.05) is 42.5 Å². The fourth-order valence-electron chi connectivity index (χ4n) is 2.81. The second-order valence-electron chi connectivity index (χ2n) is 6.41. The Morgan fingerprint density at radius 2 is 1.81 bits per heavy atom. The summed E-state index contributed by atoms with van der Waals surface area (Å²) in [5, 5.41) is 17.4. The fraction of sp³-hybridized carbons (Fsp3) is 0.238. The first kappa shape index (κ1) is 17.9. The van der Waals surface area contributed by atoms with Gasteiger partial charge in [-0.25, -0.2) is 4.68 Å². The number of hydrogen-bond donors (Lipinski definition) is 2. The molecule has 2 atom stereocenters. The average molecular weight is 349 g/mol. The SMILES string of the molecule is CC(NC(=O)Cc1ccc(-n2cccn2)cc1)C(O)Cc1ccccc1. The topological polar surface area (TPSA) is 67.2 Å². The third-order valence-electron chi connectivity index (χ3n) is 4.32. The highest BCUT2D eigenvalue weighted by Crippen LogP contribution is 2.10. The predicted octanol–water partition coefficient (Wildman–Crippen LogP) is 2.52. The lowest BCUT2D eigenvalue weighted by atomic mass is 10.0. The Kier molecular flexibility index (Phi) is 5.81.